The lowest BCUT2D eigenvalue weighted by molar-refractivity contribution is 0.109. The molecule has 0 aliphatic rings. The lowest BCUT2D eigenvalue weighted by Gasteiger charge is -1.98. The van der Waals surface area contributed by atoms with Crippen LogP contribution in [-0.2, 0) is 0 Å². The molecule has 11 heavy (non-hydrogen) atoms. The molecular formula is C8H7NO2. The molecule has 0 saturated heterocycles. The van der Waals surface area contributed by atoms with Gasteiger partial charge in [-0.1, -0.05) is 12.1 Å². The van der Waals surface area contributed by atoms with Gasteiger partial charge in [-0.05, 0) is 6.07 Å². The Kier molecular flexibility index (Phi) is 2.01. The first-order chi connectivity index (χ1) is 5.29. The molecular weight excluding hydrogens is 142 g/mol. The fraction of sp³-hybridized carbons (Fsp3) is 0. The summed E-state index contributed by atoms with van der Waals surface area (Å²) in [4.78, 5) is 20.7. The molecule has 0 atom stereocenters. The van der Waals surface area contributed by atoms with Gasteiger partial charge in [-0.15, -0.1) is 0 Å². The number of aldehydes is 2. The highest BCUT2D eigenvalue weighted by Crippen LogP contribution is 2.12. The van der Waals surface area contributed by atoms with Crippen molar-refractivity contribution in [2.45, 2.75) is 0 Å². The molecule has 0 fully saturated rings. The maximum atomic E-state index is 10.4. The molecule has 0 spiro atoms. The van der Waals surface area contributed by atoms with E-state index in [9.17, 15) is 9.59 Å². The largest absolute Gasteiger partial charge is 0.398 e. The number of nitrogens with two attached hydrogens (primary N) is 1. The van der Waals surface area contributed by atoms with Crippen molar-refractivity contribution in [3.63, 3.8) is 0 Å². The van der Waals surface area contributed by atoms with Crippen LogP contribution in [0.15, 0.2) is 18.2 Å². The van der Waals surface area contributed by atoms with Crippen LogP contribution in [0.25, 0.3) is 0 Å². The first-order valence-electron chi connectivity index (χ1n) is 3.08. The van der Waals surface area contributed by atoms with Crippen molar-refractivity contribution in [1.29, 1.82) is 0 Å². The highest BCUT2D eigenvalue weighted by molar-refractivity contribution is 5.95. The van der Waals surface area contributed by atoms with Crippen LogP contribution in [-0.4, -0.2) is 12.6 Å². The van der Waals surface area contributed by atoms with E-state index in [1.54, 1.807) is 18.2 Å². The van der Waals surface area contributed by atoms with Crippen molar-refractivity contribution in [3.05, 3.63) is 29.3 Å². The van der Waals surface area contributed by atoms with E-state index < -0.39 is 0 Å². The molecule has 0 saturated carbocycles. The van der Waals surface area contributed by atoms with E-state index in [4.69, 9.17) is 5.73 Å². The lowest BCUT2D eigenvalue weighted by Crippen LogP contribution is -1.97. The van der Waals surface area contributed by atoms with Gasteiger partial charge in [0.25, 0.3) is 0 Å². The molecule has 0 aliphatic heterocycles. The fourth-order valence-electron chi connectivity index (χ4n) is 0.841. The van der Waals surface area contributed by atoms with Gasteiger partial charge in [-0.3, -0.25) is 9.59 Å². The van der Waals surface area contributed by atoms with Crippen molar-refractivity contribution >= 4 is 18.3 Å². The topological polar surface area (TPSA) is 60.2 Å². The summed E-state index contributed by atoms with van der Waals surface area (Å²) in [6.07, 6.45) is 1.19. The summed E-state index contributed by atoms with van der Waals surface area (Å²) in [5, 5.41) is 0. The Hall–Kier alpha value is -1.64. The molecule has 0 heterocycles. The number of hydrogen-bond acceptors (Lipinski definition) is 3. The molecule has 3 nitrogen and oxygen atoms in total. The van der Waals surface area contributed by atoms with Crippen LogP contribution < -0.4 is 5.73 Å². The number of benzene rings is 1. The van der Waals surface area contributed by atoms with Crippen LogP contribution in [0.1, 0.15) is 20.7 Å². The van der Waals surface area contributed by atoms with Crippen LogP contribution in [0.2, 0.25) is 0 Å². The zero-order valence-electron chi connectivity index (χ0n) is 5.78. The second kappa shape index (κ2) is 2.96. The third kappa shape index (κ3) is 1.26. The predicted molar refractivity (Wildman–Crippen MR) is 41.6 cm³/mol. The Morgan fingerprint density at radius 1 is 1.18 bits per heavy atom. The number of hydrogen-bond donors (Lipinski definition) is 1. The Morgan fingerprint density at radius 2 is 1.91 bits per heavy atom. The molecule has 0 amide bonds. The fourth-order valence-corrected chi connectivity index (χ4v) is 0.841. The summed E-state index contributed by atoms with van der Waals surface area (Å²) < 4.78 is 0. The summed E-state index contributed by atoms with van der Waals surface area (Å²) in [6, 6.07) is 4.76. The average molecular weight is 149 g/mol. The van der Waals surface area contributed by atoms with Gasteiger partial charge in [-0.2, -0.15) is 0 Å². The number of nitrogen functional groups attached to an aromatic ring is 1. The predicted octanol–water partition coefficient (Wildman–Crippen LogP) is 0.894. The van der Waals surface area contributed by atoms with Crippen LogP contribution in [0.3, 0.4) is 0 Å². The van der Waals surface area contributed by atoms with Gasteiger partial charge in [0.2, 0.25) is 0 Å². The van der Waals surface area contributed by atoms with Crippen LogP contribution in [0, 0.1) is 0 Å². The molecule has 0 aromatic heterocycles. The van der Waals surface area contributed by atoms with Crippen molar-refractivity contribution in [2.24, 2.45) is 0 Å². The Balaban J connectivity index is 3.35. The van der Waals surface area contributed by atoms with E-state index in [0.717, 1.165) is 0 Å². The van der Waals surface area contributed by atoms with Gasteiger partial charge in [0.1, 0.15) is 0 Å². The normalized spacial score (nSPS) is 9.09. The third-order valence-electron chi connectivity index (χ3n) is 1.42. The summed E-state index contributed by atoms with van der Waals surface area (Å²) in [6.45, 7) is 0. The molecule has 1 aromatic rings. The zero-order valence-corrected chi connectivity index (χ0v) is 5.78. The zero-order chi connectivity index (χ0) is 8.27. The maximum Gasteiger partial charge on any atom is 0.152 e. The smallest absolute Gasteiger partial charge is 0.152 e. The minimum absolute atomic E-state index is 0.266. The van der Waals surface area contributed by atoms with Gasteiger partial charge in [0.15, 0.2) is 12.6 Å². The van der Waals surface area contributed by atoms with Crippen LogP contribution in [0.5, 0.6) is 0 Å². The minimum Gasteiger partial charge on any atom is -0.398 e. The van der Waals surface area contributed by atoms with Gasteiger partial charge >= 0.3 is 0 Å². The van der Waals surface area contributed by atoms with Crippen LogP contribution >= 0.6 is 0 Å². The van der Waals surface area contributed by atoms with Gasteiger partial charge in [-0.25, -0.2) is 0 Å². The van der Waals surface area contributed by atoms with Crippen molar-refractivity contribution < 1.29 is 9.59 Å². The molecule has 1 aromatic carbocycles. The minimum atomic E-state index is 0.266. The highest BCUT2D eigenvalue weighted by Gasteiger charge is 2.02. The number of carbonyl (C=O) groups is 2. The van der Waals surface area contributed by atoms with E-state index in [1.807, 2.05) is 0 Å². The van der Waals surface area contributed by atoms with E-state index in [-0.39, 0.29) is 5.56 Å². The quantitative estimate of drug-likeness (QED) is 0.501. The molecule has 0 bridgehead atoms. The van der Waals surface area contributed by atoms with Gasteiger partial charge in [0.05, 0.1) is 0 Å². The molecule has 3 heteroatoms. The van der Waals surface area contributed by atoms with Gasteiger partial charge in [0, 0.05) is 16.8 Å². The first kappa shape index (κ1) is 7.47. The van der Waals surface area contributed by atoms with E-state index in [2.05, 4.69) is 0 Å². The summed E-state index contributed by atoms with van der Waals surface area (Å²) >= 11 is 0. The molecule has 0 aliphatic carbocycles. The number of carbonyl (C=O) groups excluding carboxylic acids is 2. The number of rotatable bonds is 2. The summed E-state index contributed by atoms with van der Waals surface area (Å²) in [7, 11) is 0. The Labute approximate surface area is 63.8 Å². The highest BCUT2D eigenvalue weighted by atomic mass is 16.1. The van der Waals surface area contributed by atoms with E-state index in [0.29, 0.717) is 23.8 Å². The SMILES string of the molecule is Nc1cccc(C=O)c1C=O. The molecule has 0 unspecified atom stereocenters. The molecule has 1 rings (SSSR count). The standard InChI is InChI=1S/C8H7NO2/c9-8-3-1-2-6(4-10)7(8)5-11/h1-5H,9H2. The molecule has 56 valence electrons. The molecule has 2 N–H and O–H groups in total. The molecule has 0 radical (unpaired) electrons. The third-order valence-corrected chi connectivity index (χ3v) is 1.42. The lowest BCUT2D eigenvalue weighted by atomic mass is 10.1. The summed E-state index contributed by atoms with van der Waals surface area (Å²) in [5.74, 6) is 0. The second-order valence-electron chi connectivity index (χ2n) is 2.09. The average Bonchev–Trinajstić information content (AvgIpc) is 2.04. The van der Waals surface area contributed by atoms with E-state index in [1.165, 1.54) is 0 Å². The summed E-state index contributed by atoms with van der Waals surface area (Å²) in [5.41, 5.74) is 6.35. The second-order valence-corrected chi connectivity index (χ2v) is 2.09. The first-order valence-corrected chi connectivity index (χ1v) is 3.08. The van der Waals surface area contributed by atoms with Crippen molar-refractivity contribution in [2.75, 3.05) is 5.73 Å². The number of anilines is 1. The van der Waals surface area contributed by atoms with Crippen LogP contribution in [0.4, 0.5) is 5.69 Å². The Morgan fingerprint density at radius 3 is 2.36 bits per heavy atom. The van der Waals surface area contributed by atoms with Crippen molar-refractivity contribution in [3.8, 4) is 0 Å². The Bertz CT molecular complexity index is 294. The van der Waals surface area contributed by atoms with Gasteiger partial charge < -0.3 is 5.73 Å². The monoisotopic (exact) mass is 149 g/mol. The van der Waals surface area contributed by atoms with Crippen molar-refractivity contribution in [1.82, 2.24) is 0 Å². The maximum absolute atomic E-state index is 10.4. The van der Waals surface area contributed by atoms with E-state index >= 15 is 0 Å².